The molecule has 0 unspecified atom stereocenters. The van der Waals surface area contributed by atoms with Crippen LogP contribution >= 0.6 is 11.3 Å². The number of esters is 1. The van der Waals surface area contributed by atoms with Crippen molar-refractivity contribution in [3.05, 3.63) is 84.8 Å². The van der Waals surface area contributed by atoms with E-state index in [4.69, 9.17) is 14.2 Å². The topological polar surface area (TPSA) is 92.0 Å². The van der Waals surface area contributed by atoms with Gasteiger partial charge in [0, 0.05) is 24.0 Å². The fourth-order valence-electron chi connectivity index (χ4n) is 3.74. The summed E-state index contributed by atoms with van der Waals surface area (Å²) < 4.78 is 18.3. The van der Waals surface area contributed by atoms with Gasteiger partial charge in [0.25, 0.3) is 5.56 Å². The molecule has 9 heteroatoms. The van der Waals surface area contributed by atoms with Gasteiger partial charge in [-0.15, -0.1) is 0 Å². The van der Waals surface area contributed by atoms with Crippen molar-refractivity contribution in [1.29, 1.82) is 0 Å². The quantitative estimate of drug-likeness (QED) is 0.519. The molecule has 170 valence electrons. The third kappa shape index (κ3) is 4.19. The van der Waals surface area contributed by atoms with Crippen molar-refractivity contribution in [1.82, 2.24) is 9.55 Å². The third-order valence-corrected chi connectivity index (χ3v) is 6.24. The van der Waals surface area contributed by atoms with E-state index in [1.807, 2.05) is 12.1 Å². The standard InChI is InChI=1S/C24H23N3O5S/c1-5-32-23(29)20-14(2)26-24-27(21(20)17-7-6-16(30-3)13-18(17)31-4)22(28)19(33-24)12-15-8-10-25-11-9-15/h6-13,21H,5H2,1-4H3/b19-12-/t21-/m0/s1. The molecule has 0 fully saturated rings. The second-order valence-corrected chi connectivity index (χ2v) is 8.20. The highest BCUT2D eigenvalue weighted by molar-refractivity contribution is 7.07. The minimum Gasteiger partial charge on any atom is -0.497 e. The van der Waals surface area contributed by atoms with Crippen LogP contribution in [0.15, 0.2) is 63.8 Å². The lowest BCUT2D eigenvalue weighted by Gasteiger charge is -2.26. The molecular formula is C24H23N3O5S. The van der Waals surface area contributed by atoms with Crippen molar-refractivity contribution < 1.29 is 19.0 Å². The van der Waals surface area contributed by atoms with Gasteiger partial charge in [0.05, 0.1) is 36.6 Å². The van der Waals surface area contributed by atoms with Crippen molar-refractivity contribution in [2.24, 2.45) is 4.99 Å². The molecule has 1 atom stereocenters. The second kappa shape index (κ2) is 9.41. The third-order valence-electron chi connectivity index (χ3n) is 5.26. The Morgan fingerprint density at radius 2 is 1.94 bits per heavy atom. The largest absolute Gasteiger partial charge is 0.497 e. The van der Waals surface area contributed by atoms with Crippen molar-refractivity contribution in [3.8, 4) is 11.5 Å². The molecule has 0 amide bonds. The van der Waals surface area contributed by atoms with E-state index < -0.39 is 12.0 Å². The summed E-state index contributed by atoms with van der Waals surface area (Å²) in [5.74, 6) is 0.559. The maximum Gasteiger partial charge on any atom is 0.338 e. The summed E-state index contributed by atoms with van der Waals surface area (Å²) in [6.07, 6.45) is 5.12. The predicted octanol–water partition coefficient (Wildman–Crippen LogP) is 2.21. The summed E-state index contributed by atoms with van der Waals surface area (Å²) >= 11 is 1.26. The van der Waals surface area contributed by atoms with Gasteiger partial charge in [-0.1, -0.05) is 11.3 Å². The molecule has 1 aliphatic heterocycles. The van der Waals surface area contributed by atoms with Crippen LogP contribution in [-0.4, -0.2) is 36.3 Å². The van der Waals surface area contributed by atoms with Gasteiger partial charge >= 0.3 is 5.97 Å². The molecular weight excluding hydrogens is 442 g/mol. The number of benzene rings is 1. The van der Waals surface area contributed by atoms with Gasteiger partial charge in [-0.2, -0.15) is 0 Å². The minimum absolute atomic E-state index is 0.203. The van der Waals surface area contributed by atoms with Crippen LogP contribution in [0.1, 0.15) is 31.0 Å². The van der Waals surface area contributed by atoms with E-state index >= 15 is 0 Å². The monoisotopic (exact) mass is 465 g/mol. The van der Waals surface area contributed by atoms with Crippen molar-refractivity contribution >= 4 is 23.4 Å². The van der Waals surface area contributed by atoms with E-state index in [2.05, 4.69) is 9.98 Å². The Labute approximate surface area is 194 Å². The van der Waals surface area contributed by atoms with Crippen molar-refractivity contribution in [3.63, 3.8) is 0 Å². The van der Waals surface area contributed by atoms with Crippen LogP contribution in [0.2, 0.25) is 0 Å². The number of hydrogen-bond donors (Lipinski definition) is 0. The Bertz CT molecular complexity index is 1410. The van der Waals surface area contributed by atoms with Crippen LogP contribution in [0, 0.1) is 0 Å². The first kappa shape index (κ1) is 22.5. The number of nitrogens with zero attached hydrogens (tertiary/aromatic N) is 3. The Hall–Kier alpha value is -3.72. The molecule has 1 aliphatic rings. The highest BCUT2D eigenvalue weighted by Crippen LogP contribution is 2.37. The van der Waals surface area contributed by atoms with Crippen molar-refractivity contribution in [2.45, 2.75) is 19.9 Å². The normalized spacial score (nSPS) is 15.6. The van der Waals surface area contributed by atoms with E-state index in [1.54, 1.807) is 57.6 Å². The average Bonchev–Trinajstić information content (AvgIpc) is 3.12. The van der Waals surface area contributed by atoms with Gasteiger partial charge in [0.15, 0.2) is 4.80 Å². The zero-order valence-electron chi connectivity index (χ0n) is 18.7. The molecule has 0 saturated carbocycles. The first-order valence-electron chi connectivity index (χ1n) is 10.3. The number of allylic oxidation sites excluding steroid dienone is 1. The number of pyridine rings is 1. The van der Waals surface area contributed by atoms with Crippen LogP contribution < -0.4 is 24.4 Å². The van der Waals surface area contributed by atoms with Crippen molar-refractivity contribution in [2.75, 3.05) is 20.8 Å². The summed E-state index contributed by atoms with van der Waals surface area (Å²) in [5, 5.41) is 0. The number of rotatable bonds is 6. The summed E-state index contributed by atoms with van der Waals surface area (Å²) in [4.78, 5) is 35.7. The first-order valence-corrected chi connectivity index (χ1v) is 11.1. The van der Waals surface area contributed by atoms with Gasteiger partial charge in [-0.3, -0.25) is 14.3 Å². The molecule has 8 nitrogen and oxygen atoms in total. The van der Waals surface area contributed by atoms with Gasteiger partial charge in [-0.25, -0.2) is 9.79 Å². The Balaban J connectivity index is 2.00. The number of fused-ring (bicyclic) bond motifs is 1. The lowest BCUT2D eigenvalue weighted by atomic mass is 9.95. The van der Waals surface area contributed by atoms with Gasteiger partial charge in [0.1, 0.15) is 17.5 Å². The van der Waals surface area contributed by atoms with Gasteiger partial charge < -0.3 is 14.2 Å². The number of thiazole rings is 1. The zero-order valence-corrected chi connectivity index (χ0v) is 19.5. The van der Waals surface area contributed by atoms with E-state index in [1.165, 1.54) is 23.0 Å². The zero-order chi connectivity index (χ0) is 23.5. The molecule has 0 aliphatic carbocycles. The second-order valence-electron chi connectivity index (χ2n) is 7.19. The average molecular weight is 466 g/mol. The summed E-state index contributed by atoms with van der Waals surface area (Å²) in [6.45, 7) is 3.68. The molecule has 0 bridgehead atoms. The van der Waals surface area contributed by atoms with Gasteiger partial charge in [-0.05, 0) is 49.8 Å². The molecule has 2 aromatic heterocycles. The number of carbonyl (C=O) groups excluding carboxylic acids is 1. The van der Waals surface area contributed by atoms with Crippen LogP contribution in [0.3, 0.4) is 0 Å². The highest BCUT2D eigenvalue weighted by Gasteiger charge is 2.35. The fourth-order valence-corrected chi connectivity index (χ4v) is 4.79. The number of ether oxygens (including phenoxy) is 3. The Morgan fingerprint density at radius 3 is 2.61 bits per heavy atom. The highest BCUT2D eigenvalue weighted by atomic mass is 32.1. The summed E-state index contributed by atoms with van der Waals surface area (Å²) in [7, 11) is 3.09. The molecule has 3 aromatic rings. The minimum atomic E-state index is -0.763. The lowest BCUT2D eigenvalue weighted by molar-refractivity contribution is -0.139. The molecule has 0 spiro atoms. The molecule has 0 N–H and O–H groups in total. The van der Waals surface area contributed by atoms with E-state index in [0.29, 0.717) is 37.7 Å². The smallest absolute Gasteiger partial charge is 0.338 e. The molecule has 33 heavy (non-hydrogen) atoms. The van der Waals surface area contributed by atoms with E-state index in [-0.39, 0.29) is 12.2 Å². The predicted molar refractivity (Wildman–Crippen MR) is 124 cm³/mol. The lowest BCUT2D eigenvalue weighted by Crippen LogP contribution is -2.40. The molecule has 0 radical (unpaired) electrons. The Morgan fingerprint density at radius 1 is 1.18 bits per heavy atom. The number of carbonyl (C=O) groups is 1. The van der Waals surface area contributed by atoms with Gasteiger partial charge in [0.2, 0.25) is 0 Å². The molecule has 3 heterocycles. The van der Waals surface area contributed by atoms with E-state index in [9.17, 15) is 9.59 Å². The number of methoxy groups -OCH3 is 2. The molecule has 4 rings (SSSR count). The fraction of sp³-hybridized carbons (Fsp3) is 0.250. The number of hydrogen-bond acceptors (Lipinski definition) is 8. The Kier molecular flexibility index (Phi) is 6.41. The van der Waals surface area contributed by atoms with Crippen LogP contribution in [0.5, 0.6) is 11.5 Å². The van der Waals surface area contributed by atoms with E-state index in [0.717, 1.165) is 5.56 Å². The maximum absolute atomic E-state index is 13.6. The molecule has 0 saturated heterocycles. The number of aromatic nitrogens is 2. The summed E-state index contributed by atoms with van der Waals surface area (Å²) in [5.41, 5.74) is 2.01. The SMILES string of the molecule is CCOC(=O)C1=C(C)N=c2s/c(=C\c3ccncc3)c(=O)n2[C@H]1c1ccc(OC)cc1OC. The summed E-state index contributed by atoms with van der Waals surface area (Å²) in [6, 6.07) is 8.15. The van der Waals surface area contributed by atoms with Crippen LogP contribution in [0.4, 0.5) is 0 Å². The molecule has 1 aromatic carbocycles. The maximum atomic E-state index is 13.6. The van der Waals surface area contributed by atoms with Crippen LogP contribution in [-0.2, 0) is 9.53 Å². The van der Waals surface area contributed by atoms with Crippen LogP contribution in [0.25, 0.3) is 6.08 Å². The first-order chi connectivity index (χ1) is 16.0.